The molecule has 0 aliphatic carbocycles. The molecule has 0 spiro atoms. The Morgan fingerprint density at radius 3 is 2.79 bits per heavy atom. The molecule has 2 aromatic rings. The maximum atomic E-state index is 10.0. The molecule has 0 saturated carbocycles. The van der Waals surface area contributed by atoms with E-state index in [1.807, 2.05) is 36.4 Å². The van der Waals surface area contributed by atoms with Gasteiger partial charge < -0.3 is 16.2 Å². The van der Waals surface area contributed by atoms with E-state index in [1.54, 1.807) is 6.07 Å². The van der Waals surface area contributed by atoms with E-state index < -0.39 is 6.10 Å². The number of aliphatic hydroxyl groups is 1. The number of nitrogens with one attached hydrogen (secondary N) is 1. The van der Waals surface area contributed by atoms with Crippen LogP contribution in [0.1, 0.15) is 17.2 Å². The third-order valence-corrected chi connectivity index (χ3v) is 2.68. The lowest BCUT2D eigenvalue weighted by Crippen LogP contribution is -2.13. The maximum Gasteiger partial charge on any atom is 0.144 e. The third kappa shape index (κ3) is 3.21. The number of nitrogens with two attached hydrogens (primary N) is 1. The van der Waals surface area contributed by atoms with Gasteiger partial charge in [-0.1, -0.05) is 30.3 Å². The molecule has 1 atom stereocenters. The number of nitrogens with zero attached hydrogens (tertiary/aromatic N) is 2. The van der Waals surface area contributed by atoms with Crippen molar-refractivity contribution in [3.8, 4) is 6.07 Å². The van der Waals surface area contributed by atoms with E-state index >= 15 is 0 Å². The van der Waals surface area contributed by atoms with Crippen LogP contribution in [0.2, 0.25) is 0 Å². The summed E-state index contributed by atoms with van der Waals surface area (Å²) < 4.78 is 0. The molecule has 1 aromatic carbocycles. The Morgan fingerprint density at radius 2 is 2.11 bits per heavy atom. The predicted molar refractivity (Wildman–Crippen MR) is 73.3 cm³/mol. The first kappa shape index (κ1) is 12.9. The Balaban J connectivity index is 2.05. The van der Waals surface area contributed by atoms with Gasteiger partial charge in [0.15, 0.2) is 0 Å². The van der Waals surface area contributed by atoms with Crippen LogP contribution >= 0.6 is 0 Å². The Morgan fingerprint density at radius 1 is 1.37 bits per heavy atom. The highest BCUT2D eigenvalue weighted by Crippen LogP contribution is 2.17. The fourth-order valence-electron chi connectivity index (χ4n) is 1.69. The highest BCUT2D eigenvalue weighted by molar-refractivity contribution is 5.57. The maximum absolute atomic E-state index is 10.0. The van der Waals surface area contributed by atoms with Gasteiger partial charge in [-0.3, -0.25) is 0 Å². The number of aliphatic hydroxyl groups excluding tert-OH is 1. The number of pyridine rings is 1. The van der Waals surface area contributed by atoms with Crippen LogP contribution in [0.3, 0.4) is 0 Å². The summed E-state index contributed by atoms with van der Waals surface area (Å²) >= 11 is 0. The Bertz CT molecular complexity index is 592. The van der Waals surface area contributed by atoms with Crippen LogP contribution in [-0.2, 0) is 0 Å². The minimum atomic E-state index is -0.660. The molecular formula is C14H14N4O. The summed E-state index contributed by atoms with van der Waals surface area (Å²) in [5.41, 5.74) is 7.17. The van der Waals surface area contributed by atoms with Crippen LogP contribution in [0.15, 0.2) is 42.6 Å². The van der Waals surface area contributed by atoms with Crippen molar-refractivity contribution in [2.75, 3.05) is 17.6 Å². The van der Waals surface area contributed by atoms with E-state index in [0.717, 1.165) is 5.56 Å². The quantitative estimate of drug-likeness (QED) is 0.771. The fourth-order valence-corrected chi connectivity index (χ4v) is 1.69. The summed E-state index contributed by atoms with van der Waals surface area (Å²) in [6.07, 6.45) is 0.810. The van der Waals surface area contributed by atoms with Gasteiger partial charge in [-0.05, 0) is 11.6 Å². The number of hydrogen-bond donors (Lipinski definition) is 3. The lowest BCUT2D eigenvalue weighted by molar-refractivity contribution is 0.191. The average Bonchev–Trinajstić information content (AvgIpc) is 2.46. The van der Waals surface area contributed by atoms with E-state index in [-0.39, 0.29) is 6.54 Å². The molecule has 19 heavy (non-hydrogen) atoms. The summed E-state index contributed by atoms with van der Waals surface area (Å²) in [5, 5.41) is 21.9. The van der Waals surface area contributed by atoms with Crippen molar-refractivity contribution in [2.24, 2.45) is 0 Å². The fraction of sp³-hybridized carbons (Fsp3) is 0.143. The van der Waals surface area contributed by atoms with Gasteiger partial charge in [0.1, 0.15) is 11.9 Å². The molecule has 1 heterocycles. The second-order valence-corrected chi connectivity index (χ2v) is 4.08. The number of aromatic nitrogens is 1. The number of benzene rings is 1. The number of nitriles is 1. The van der Waals surface area contributed by atoms with Crippen LogP contribution in [0.25, 0.3) is 0 Å². The third-order valence-electron chi connectivity index (χ3n) is 2.68. The van der Waals surface area contributed by atoms with Gasteiger partial charge in [-0.25, -0.2) is 4.98 Å². The van der Waals surface area contributed by atoms with Gasteiger partial charge in [-0.2, -0.15) is 5.26 Å². The molecule has 5 heteroatoms. The van der Waals surface area contributed by atoms with Crippen molar-refractivity contribution >= 4 is 11.5 Å². The van der Waals surface area contributed by atoms with Gasteiger partial charge in [0.2, 0.25) is 0 Å². The molecule has 1 unspecified atom stereocenters. The summed E-state index contributed by atoms with van der Waals surface area (Å²) in [6, 6.07) is 12.9. The normalized spacial score (nSPS) is 11.6. The first-order valence-corrected chi connectivity index (χ1v) is 5.83. The monoisotopic (exact) mass is 254 g/mol. The molecule has 96 valence electrons. The Labute approximate surface area is 111 Å². The van der Waals surface area contributed by atoms with E-state index in [2.05, 4.69) is 10.3 Å². The summed E-state index contributed by atoms with van der Waals surface area (Å²) in [7, 11) is 0. The summed E-state index contributed by atoms with van der Waals surface area (Å²) in [4.78, 5) is 4.04. The van der Waals surface area contributed by atoms with E-state index in [4.69, 9.17) is 11.0 Å². The predicted octanol–water partition coefficient (Wildman–Crippen LogP) is 1.68. The minimum absolute atomic E-state index is 0.273. The van der Waals surface area contributed by atoms with Crippen molar-refractivity contribution in [3.05, 3.63) is 53.7 Å². The summed E-state index contributed by atoms with van der Waals surface area (Å²) in [5.74, 6) is 0.423. The van der Waals surface area contributed by atoms with Gasteiger partial charge >= 0.3 is 0 Å². The van der Waals surface area contributed by atoms with Crippen LogP contribution in [-0.4, -0.2) is 16.6 Å². The van der Waals surface area contributed by atoms with Crippen LogP contribution in [0.5, 0.6) is 0 Å². The number of rotatable bonds is 4. The van der Waals surface area contributed by atoms with Gasteiger partial charge in [-0.15, -0.1) is 0 Å². The van der Waals surface area contributed by atoms with Crippen molar-refractivity contribution in [1.29, 1.82) is 5.26 Å². The summed E-state index contributed by atoms with van der Waals surface area (Å²) in [6.45, 7) is 0.273. The van der Waals surface area contributed by atoms with E-state index in [9.17, 15) is 5.11 Å². The van der Waals surface area contributed by atoms with E-state index in [0.29, 0.717) is 17.1 Å². The molecule has 2 rings (SSSR count). The molecule has 0 aliphatic rings. The van der Waals surface area contributed by atoms with Gasteiger partial charge in [0, 0.05) is 6.54 Å². The molecule has 1 aromatic heterocycles. The number of anilines is 2. The molecule has 0 fully saturated rings. The van der Waals surface area contributed by atoms with Crippen LogP contribution in [0, 0.1) is 11.3 Å². The van der Waals surface area contributed by atoms with Gasteiger partial charge in [0.05, 0.1) is 23.6 Å². The van der Waals surface area contributed by atoms with Crippen molar-refractivity contribution in [3.63, 3.8) is 0 Å². The van der Waals surface area contributed by atoms with Crippen molar-refractivity contribution in [2.45, 2.75) is 6.10 Å². The largest absolute Gasteiger partial charge is 0.397 e. The molecule has 0 radical (unpaired) electrons. The molecule has 4 N–H and O–H groups in total. The smallest absolute Gasteiger partial charge is 0.144 e. The number of hydrogen-bond acceptors (Lipinski definition) is 5. The minimum Gasteiger partial charge on any atom is -0.397 e. The molecule has 0 amide bonds. The molecular weight excluding hydrogens is 240 g/mol. The second kappa shape index (κ2) is 5.85. The average molecular weight is 254 g/mol. The molecule has 0 bridgehead atoms. The Kier molecular flexibility index (Phi) is 3.96. The van der Waals surface area contributed by atoms with Crippen LogP contribution < -0.4 is 11.1 Å². The van der Waals surface area contributed by atoms with E-state index in [1.165, 1.54) is 6.20 Å². The Hall–Kier alpha value is -2.58. The topological polar surface area (TPSA) is 95.0 Å². The SMILES string of the molecule is N#Cc1cc(N)cnc1NCC(O)c1ccccc1. The molecule has 5 nitrogen and oxygen atoms in total. The van der Waals surface area contributed by atoms with Crippen LogP contribution in [0.4, 0.5) is 11.5 Å². The second-order valence-electron chi connectivity index (χ2n) is 4.08. The lowest BCUT2D eigenvalue weighted by atomic mass is 10.1. The highest BCUT2D eigenvalue weighted by atomic mass is 16.3. The molecule has 0 saturated heterocycles. The zero-order valence-electron chi connectivity index (χ0n) is 10.2. The van der Waals surface area contributed by atoms with Gasteiger partial charge in [0.25, 0.3) is 0 Å². The van der Waals surface area contributed by atoms with Crippen molar-refractivity contribution < 1.29 is 5.11 Å². The standard InChI is InChI=1S/C14H14N4O/c15-7-11-6-12(16)8-17-14(11)18-9-13(19)10-4-2-1-3-5-10/h1-6,8,13,19H,9,16H2,(H,17,18). The first-order valence-electron chi connectivity index (χ1n) is 5.83. The zero-order valence-corrected chi connectivity index (χ0v) is 10.2. The highest BCUT2D eigenvalue weighted by Gasteiger charge is 2.09. The molecule has 0 aliphatic heterocycles. The zero-order chi connectivity index (χ0) is 13.7. The van der Waals surface area contributed by atoms with Crippen molar-refractivity contribution in [1.82, 2.24) is 4.98 Å². The number of nitrogen functional groups attached to an aromatic ring is 1. The first-order chi connectivity index (χ1) is 9.20. The lowest BCUT2D eigenvalue weighted by Gasteiger charge is -2.13.